The van der Waals surface area contributed by atoms with E-state index in [1.165, 1.54) is 4.57 Å². The number of esters is 1. The van der Waals surface area contributed by atoms with E-state index in [2.05, 4.69) is 34.3 Å². The van der Waals surface area contributed by atoms with Crippen LogP contribution in [0.1, 0.15) is 147 Å². The van der Waals surface area contributed by atoms with Crippen LogP contribution < -0.4 is 10.6 Å². The van der Waals surface area contributed by atoms with Crippen molar-refractivity contribution in [2.45, 2.75) is 132 Å². The van der Waals surface area contributed by atoms with E-state index in [1.807, 2.05) is 46.8 Å². The molecular formula is C43H59BFN5O7. The molecule has 3 heterocycles. The quantitative estimate of drug-likeness (QED) is 0.0571. The van der Waals surface area contributed by atoms with E-state index in [9.17, 15) is 24.3 Å². The maximum absolute atomic E-state index is 15.4. The van der Waals surface area contributed by atoms with E-state index in [-0.39, 0.29) is 56.6 Å². The fourth-order valence-electron chi connectivity index (χ4n) is 7.61. The van der Waals surface area contributed by atoms with Gasteiger partial charge >= 0.3 is 25.3 Å². The number of aromatic carboxylic acids is 1. The lowest BCUT2D eigenvalue weighted by molar-refractivity contribution is -0.121. The van der Waals surface area contributed by atoms with E-state index in [1.54, 1.807) is 4.48 Å². The Morgan fingerprint density at radius 2 is 1.56 bits per heavy atom. The van der Waals surface area contributed by atoms with Crippen LogP contribution in [0.15, 0.2) is 28.2 Å². The summed E-state index contributed by atoms with van der Waals surface area (Å²) in [5.41, 5.74) is 8.37. The summed E-state index contributed by atoms with van der Waals surface area (Å²) in [5, 5.41) is 15.6. The third-order valence-corrected chi connectivity index (χ3v) is 10.5. The smallest absolute Gasteiger partial charge is 0.477 e. The molecule has 0 spiro atoms. The molecule has 0 saturated heterocycles. The number of alkyl carbamates (subject to hydrolysis) is 1. The molecule has 57 heavy (non-hydrogen) atoms. The number of hydrogen-bond donors (Lipinski definition) is 3. The number of allylic oxidation sites excluding steroid dienone is 4. The molecule has 1 aliphatic heterocycles. The van der Waals surface area contributed by atoms with Crippen LogP contribution in [0, 0.1) is 25.7 Å². The lowest BCUT2D eigenvalue weighted by atomic mass is 9.92. The Morgan fingerprint density at radius 3 is 2.26 bits per heavy atom. The van der Waals surface area contributed by atoms with Gasteiger partial charge in [-0.1, -0.05) is 26.2 Å². The number of aryl methyl sites for hydroxylation is 2. The second-order valence-corrected chi connectivity index (χ2v) is 14.8. The Bertz CT molecular complexity index is 1950. The van der Waals surface area contributed by atoms with Gasteiger partial charge in [-0.15, -0.1) is 11.8 Å². The summed E-state index contributed by atoms with van der Waals surface area (Å²) < 4.78 is 29.4. The predicted molar refractivity (Wildman–Crippen MR) is 221 cm³/mol. The topological polar surface area (TPSA) is 153 Å². The van der Waals surface area contributed by atoms with Crippen LogP contribution in [-0.2, 0) is 33.7 Å². The largest absolute Gasteiger partial charge is 0.611 e. The van der Waals surface area contributed by atoms with Crippen molar-refractivity contribution < 1.29 is 38.1 Å². The molecule has 2 aromatic heterocycles. The second kappa shape index (κ2) is 22.0. The molecule has 12 nitrogen and oxygen atoms in total. The number of carboxylic acid groups (broad SMARTS) is 1. The fourth-order valence-corrected chi connectivity index (χ4v) is 7.61. The highest BCUT2D eigenvalue weighted by molar-refractivity contribution is 6.50. The van der Waals surface area contributed by atoms with Crippen LogP contribution in [0.2, 0.25) is 0 Å². The summed E-state index contributed by atoms with van der Waals surface area (Å²) in [7, 11) is -1.48. The third-order valence-electron chi connectivity index (χ3n) is 10.5. The molecule has 2 aromatic rings. The first kappa shape index (κ1) is 44.7. The molecule has 4 rings (SSSR count). The van der Waals surface area contributed by atoms with Gasteiger partial charge in [0.05, 0.1) is 13.2 Å². The van der Waals surface area contributed by atoms with Gasteiger partial charge in [0.2, 0.25) is 5.91 Å². The van der Waals surface area contributed by atoms with Gasteiger partial charge in [0.15, 0.2) is 0 Å². The van der Waals surface area contributed by atoms with E-state index in [0.717, 1.165) is 72.2 Å². The van der Waals surface area contributed by atoms with E-state index in [0.29, 0.717) is 55.4 Å². The maximum atomic E-state index is 15.4. The number of rotatable bonds is 19. The number of carbonyl (C=O) groups is 4. The second-order valence-electron chi connectivity index (χ2n) is 14.8. The summed E-state index contributed by atoms with van der Waals surface area (Å²) in [5.74, 6) is 4.35. The van der Waals surface area contributed by atoms with Crippen LogP contribution >= 0.6 is 0 Å². The molecule has 14 heteroatoms. The van der Waals surface area contributed by atoms with Gasteiger partial charge in [-0.25, -0.2) is 14.4 Å². The van der Waals surface area contributed by atoms with Gasteiger partial charge in [0.1, 0.15) is 11.4 Å². The number of aromatic nitrogens is 2. The van der Waals surface area contributed by atoms with E-state index >= 15 is 4.32 Å². The molecule has 0 radical (unpaired) electrons. The fraction of sp³-hybridized carbons (Fsp3) is 0.558. The Labute approximate surface area is 336 Å². The lowest BCUT2D eigenvalue weighted by Crippen LogP contribution is -2.35. The molecule has 1 aliphatic carbocycles. The van der Waals surface area contributed by atoms with E-state index in [4.69, 9.17) is 9.47 Å². The third kappa shape index (κ3) is 12.2. The number of amides is 2. The van der Waals surface area contributed by atoms with Crippen LogP contribution in [-0.4, -0.2) is 77.4 Å². The van der Waals surface area contributed by atoms with Crippen molar-refractivity contribution in [2.24, 2.45) is 4.90 Å². The highest BCUT2D eigenvalue weighted by Crippen LogP contribution is 2.34. The van der Waals surface area contributed by atoms with Crippen molar-refractivity contribution in [3.63, 3.8) is 0 Å². The molecule has 0 atom stereocenters. The molecule has 308 valence electrons. The zero-order valence-corrected chi connectivity index (χ0v) is 34.6. The summed E-state index contributed by atoms with van der Waals surface area (Å²) in [6.45, 7) is 12.7. The number of unbranched alkanes of at least 4 members (excludes halogenated alkanes) is 4. The van der Waals surface area contributed by atoms with Crippen LogP contribution in [0.5, 0.6) is 0 Å². The highest BCUT2D eigenvalue weighted by Gasteiger charge is 2.31. The van der Waals surface area contributed by atoms with Gasteiger partial charge in [0, 0.05) is 56.0 Å². The summed E-state index contributed by atoms with van der Waals surface area (Å²) in [6, 6.07) is 2.01. The number of halogens is 1. The molecule has 0 bridgehead atoms. The summed E-state index contributed by atoms with van der Waals surface area (Å²) in [6.07, 6.45) is 9.62. The molecule has 0 fully saturated rings. The number of carbonyl (C=O) groups excluding carboxylic acids is 3. The van der Waals surface area contributed by atoms with E-state index < -0.39 is 25.3 Å². The van der Waals surface area contributed by atoms with Crippen LogP contribution in [0.4, 0.5) is 9.11 Å². The number of hydrogen-bond acceptors (Lipinski definition) is 7. The molecule has 0 saturated carbocycles. The number of carboxylic acids is 1. The SMILES string of the molecule is CCCCOC(=O)c1c2c(c(C(=O)O)n1CCCOC(=O)NCCNC(=O)CCCCCC\C1=C(C)/C(C)=C\C(C)=N\B(F)n3c(C)cc(C)c31)CCC#CCC2. The molecule has 2 aliphatic rings. The van der Waals surface area contributed by atoms with Crippen molar-refractivity contribution in [1.29, 1.82) is 0 Å². The number of nitrogens with one attached hydrogen (secondary N) is 2. The zero-order chi connectivity index (χ0) is 41.5. The first-order valence-corrected chi connectivity index (χ1v) is 20.4. The first-order chi connectivity index (χ1) is 27.3. The van der Waals surface area contributed by atoms with Gasteiger partial charge < -0.3 is 34.3 Å². The molecule has 0 unspecified atom stereocenters. The van der Waals surface area contributed by atoms with Crippen LogP contribution in [0.3, 0.4) is 0 Å². The minimum atomic E-state index is -1.48. The molecule has 3 N–H and O–H groups in total. The monoisotopic (exact) mass is 787 g/mol. The van der Waals surface area contributed by atoms with Crippen molar-refractivity contribution >= 4 is 42.5 Å². The summed E-state index contributed by atoms with van der Waals surface area (Å²) in [4.78, 5) is 54.8. The molecule has 0 aromatic carbocycles. The zero-order valence-electron chi connectivity index (χ0n) is 34.6. The Kier molecular flexibility index (Phi) is 17.3. The average Bonchev–Trinajstić information content (AvgIpc) is 3.62. The predicted octanol–water partition coefficient (Wildman–Crippen LogP) is 7.71. The minimum absolute atomic E-state index is 0.00284. The normalized spacial score (nSPS) is 17.1. The highest BCUT2D eigenvalue weighted by atomic mass is 19.1. The maximum Gasteiger partial charge on any atom is 0.611 e. The summed E-state index contributed by atoms with van der Waals surface area (Å²) >= 11 is 0. The van der Waals surface area contributed by atoms with Gasteiger partial charge in [-0.2, -0.15) is 0 Å². The van der Waals surface area contributed by atoms with Crippen molar-refractivity contribution in [1.82, 2.24) is 19.7 Å². The number of nitrogens with zero attached hydrogens (tertiary/aromatic N) is 3. The Morgan fingerprint density at radius 1 is 0.895 bits per heavy atom. The minimum Gasteiger partial charge on any atom is -0.477 e. The van der Waals surface area contributed by atoms with Gasteiger partial charge in [-0.05, 0) is 125 Å². The molecule has 2 amide bonds. The number of ether oxygens (including phenoxy) is 2. The van der Waals surface area contributed by atoms with Crippen molar-refractivity contribution in [2.75, 3.05) is 26.3 Å². The Hall–Kier alpha value is -5.06. The standard InChI is InChI=1S/C43H59BFN5O7/c1-7-8-25-56-42(54)40-36-20-15-10-9-14-19-35(36)39(41(52)53)49(40)24-17-26-57-43(55)47-23-22-46-37(51)21-16-12-11-13-18-34-33(6)29(2)27-31(4)48-44(45)50-32(5)28-30(3)38(34)50/h27-28H,7-8,11-26H2,1-6H3,(H,46,51)(H,47,55)(H,52,53)/b29-27-,34-33+,48-31+. The van der Waals surface area contributed by atoms with Crippen molar-refractivity contribution in [3.05, 3.63) is 62.8 Å². The Balaban J connectivity index is 1.17. The first-order valence-electron chi connectivity index (χ1n) is 20.4. The van der Waals surface area contributed by atoms with Gasteiger partial charge in [-0.3, -0.25) is 14.0 Å². The van der Waals surface area contributed by atoms with Crippen LogP contribution in [0.25, 0.3) is 5.57 Å². The number of fused-ring (bicyclic) bond motifs is 2. The lowest BCUT2D eigenvalue weighted by Gasteiger charge is -2.18. The van der Waals surface area contributed by atoms with Gasteiger partial charge in [0.25, 0.3) is 0 Å². The molecular weight excluding hydrogens is 728 g/mol. The average molecular weight is 788 g/mol. The van der Waals surface area contributed by atoms with Crippen molar-refractivity contribution in [3.8, 4) is 11.8 Å².